The highest BCUT2D eigenvalue weighted by molar-refractivity contribution is 6.33. The van der Waals surface area contributed by atoms with Gasteiger partial charge in [-0.05, 0) is 97.5 Å². The molecule has 1 aliphatic carbocycles. The number of likely N-dealkylation sites (tertiary alicyclic amines) is 1. The van der Waals surface area contributed by atoms with E-state index in [0.717, 1.165) is 88.1 Å². The van der Waals surface area contributed by atoms with Crippen LogP contribution in [0.5, 0.6) is 0 Å². The summed E-state index contributed by atoms with van der Waals surface area (Å²) < 4.78 is 15.3. The van der Waals surface area contributed by atoms with Gasteiger partial charge in [0.15, 0.2) is 0 Å². The van der Waals surface area contributed by atoms with Gasteiger partial charge in [0.1, 0.15) is 11.5 Å². The molecule has 1 unspecified atom stereocenters. The minimum absolute atomic E-state index is 0.0223. The number of rotatable bonds is 3. The van der Waals surface area contributed by atoms with Crippen molar-refractivity contribution in [1.82, 2.24) is 14.4 Å². The average molecular weight is 561 g/mol. The van der Waals surface area contributed by atoms with Crippen LogP contribution >= 0.6 is 11.6 Å². The summed E-state index contributed by atoms with van der Waals surface area (Å²) in [5, 5.41) is 0.501. The van der Waals surface area contributed by atoms with E-state index in [0.29, 0.717) is 17.3 Å². The van der Waals surface area contributed by atoms with Crippen molar-refractivity contribution in [3.05, 3.63) is 88.0 Å². The molecule has 3 aliphatic heterocycles. The van der Waals surface area contributed by atoms with E-state index >= 15 is 0 Å². The number of hydrogen-bond acceptors (Lipinski definition) is 3. The maximum Gasteiger partial charge on any atom is 0.272 e. The normalized spacial score (nSPS) is 22.0. The number of halogens is 2. The quantitative estimate of drug-likeness (QED) is 0.398. The number of carbonyl (C=O) groups excluding carboxylic acids is 2. The fraction of sp³-hybridized carbons (Fsp3) is 0.438. The van der Waals surface area contributed by atoms with Crippen LogP contribution in [0.2, 0.25) is 5.02 Å². The van der Waals surface area contributed by atoms with Crippen molar-refractivity contribution in [2.45, 2.75) is 51.1 Å². The Bertz CT molecular complexity index is 1450. The van der Waals surface area contributed by atoms with Gasteiger partial charge in [-0.3, -0.25) is 9.59 Å². The van der Waals surface area contributed by atoms with E-state index in [1.165, 1.54) is 17.7 Å². The van der Waals surface area contributed by atoms with E-state index < -0.39 is 0 Å². The van der Waals surface area contributed by atoms with Crippen molar-refractivity contribution in [2.24, 2.45) is 5.41 Å². The lowest BCUT2D eigenvalue weighted by Gasteiger charge is -2.47. The van der Waals surface area contributed by atoms with Crippen LogP contribution in [0, 0.1) is 11.2 Å². The van der Waals surface area contributed by atoms with Gasteiger partial charge in [0.05, 0.1) is 11.1 Å². The lowest BCUT2D eigenvalue weighted by molar-refractivity contribution is 0.0515. The molecule has 0 radical (unpaired) electrons. The highest BCUT2D eigenvalue weighted by atomic mass is 35.5. The Labute approximate surface area is 239 Å². The number of nitrogens with zero attached hydrogens (tertiary/aromatic N) is 4. The number of carbonyl (C=O) groups is 2. The molecule has 7 rings (SSSR count). The van der Waals surface area contributed by atoms with Crippen LogP contribution in [0.1, 0.15) is 70.1 Å². The number of aromatic nitrogens is 1. The SMILES string of the molecule is O=C(c1ccc2c(c1)C(N1CCn3ccc(Cl)c3C1=O)CC2)N1CCC2(CC1)CCN(c1ccc(F)cc1)CC2. The first-order chi connectivity index (χ1) is 19.4. The molecule has 0 N–H and O–H groups in total. The van der Waals surface area contributed by atoms with Crippen molar-refractivity contribution < 1.29 is 14.0 Å². The largest absolute Gasteiger partial charge is 0.371 e. The molecule has 8 heteroatoms. The summed E-state index contributed by atoms with van der Waals surface area (Å²) >= 11 is 6.34. The van der Waals surface area contributed by atoms with Crippen LogP contribution < -0.4 is 4.90 Å². The van der Waals surface area contributed by atoms with Gasteiger partial charge in [-0.15, -0.1) is 0 Å². The van der Waals surface area contributed by atoms with Crippen LogP contribution in [0.4, 0.5) is 10.1 Å². The van der Waals surface area contributed by atoms with E-state index in [1.54, 1.807) is 6.07 Å². The van der Waals surface area contributed by atoms with Gasteiger partial charge in [0.2, 0.25) is 0 Å². The lowest BCUT2D eigenvalue weighted by atomic mass is 9.71. The fourth-order valence-electron chi connectivity index (χ4n) is 7.40. The van der Waals surface area contributed by atoms with Crippen LogP contribution in [0.15, 0.2) is 54.7 Å². The third-order valence-electron chi connectivity index (χ3n) is 9.90. The van der Waals surface area contributed by atoms with Crippen LogP contribution in [-0.4, -0.2) is 58.9 Å². The molecule has 0 bridgehead atoms. The van der Waals surface area contributed by atoms with Gasteiger partial charge < -0.3 is 19.3 Å². The molecule has 1 aromatic heterocycles. The molecule has 2 saturated heterocycles. The number of benzene rings is 2. The molecule has 3 aromatic rings. The number of piperidine rings is 2. The predicted molar refractivity (Wildman–Crippen MR) is 153 cm³/mol. The maximum atomic E-state index is 13.6. The Morgan fingerprint density at radius 3 is 2.38 bits per heavy atom. The van der Waals surface area contributed by atoms with E-state index in [9.17, 15) is 14.0 Å². The molecule has 6 nitrogen and oxygen atoms in total. The first-order valence-electron chi connectivity index (χ1n) is 14.5. The third-order valence-corrected chi connectivity index (χ3v) is 10.2. The number of fused-ring (bicyclic) bond motifs is 2. The summed E-state index contributed by atoms with van der Waals surface area (Å²) in [5.74, 6) is -0.134. The topological polar surface area (TPSA) is 48.8 Å². The second-order valence-electron chi connectivity index (χ2n) is 11.9. The second kappa shape index (κ2) is 9.95. The predicted octanol–water partition coefficient (Wildman–Crippen LogP) is 5.95. The Kier molecular flexibility index (Phi) is 6.38. The van der Waals surface area contributed by atoms with Gasteiger partial charge in [0, 0.05) is 56.7 Å². The first kappa shape index (κ1) is 25.6. The summed E-state index contributed by atoms with van der Waals surface area (Å²) in [5.41, 5.74) is 4.99. The minimum Gasteiger partial charge on any atom is -0.371 e. The van der Waals surface area contributed by atoms with Crippen molar-refractivity contribution in [1.29, 1.82) is 0 Å². The van der Waals surface area contributed by atoms with Crippen LogP contribution in [0.3, 0.4) is 0 Å². The molecule has 208 valence electrons. The summed E-state index contributed by atoms with van der Waals surface area (Å²) in [6, 6.07) is 14.7. The first-order valence-corrected chi connectivity index (χ1v) is 14.9. The van der Waals surface area contributed by atoms with Gasteiger partial charge in [-0.25, -0.2) is 4.39 Å². The number of anilines is 1. The van der Waals surface area contributed by atoms with E-state index in [-0.39, 0.29) is 29.1 Å². The second-order valence-corrected chi connectivity index (χ2v) is 12.3. The average Bonchev–Trinajstić information content (AvgIpc) is 3.58. The summed E-state index contributed by atoms with van der Waals surface area (Å²) in [6.07, 6.45) is 7.91. The highest BCUT2D eigenvalue weighted by Gasteiger charge is 2.40. The zero-order valence-electron chi connectivity index (χ0n) is 22.6. The van der Waals surface area contributed by atoms with E-state index in [4.69, 9.17) is 11.6 Å². The molecular weight excluding hydrogens is 527 g/mol. The van der Waals surface area contributed by atoms with E-state index in [2.05, 4.69) is 11.0 Å². The number of hydrogen-bond donors (Lipinski definition) is 0. The molecule has 0 saturated carbocycles. The smallest absolute Gasteiger partial charge is 0.272 e. The Hall–Kier alpha value is -3.32. The third kappa shape index (κ3) is 4.39. The van der Waals surface area contributed by atoms with Crippen molar-refractivity contribution in [2.75, 3.05) is 37.6 Å². The molecule has 40 heavy (non-hydrogen) atoms. The molecular formula is C32H34ClFN4O2. The molecule has 2 fully saturated rings. The fourth-order valence-corrected chi connectivity index (χ4v) is 7.65. The van der Waals surface area contributed by atoms with Gasteiger partial charge in [-0.2, -0.15) is 0 Å². The zero-order valence-corrected chi connectivity index (χ0v) is 23.4. The van der Waals surface area contributed by atoms with Gasteiger partial charge in [0.25, 0.3) is 11.8 Å². The molecule has 1 atom stereocenters. The van der Waals surface area contributed by atoms with Gasteiger partial charge in [-0.1, -0.05) is 17.7 Å². The Morgan fingerprint density at radius 1 is 0.900 bits per heavy atom. The summed E-state index contributed by atoms with van der Waals surface area (Å²) in [6.45, 7) is 4.86. The van der Waals surface area contributed by atoms with Gasteiger partial charge >= 0.3 is 0 Å². The number of amides is 2. The molecule has 4 heterocycles. The maximum absolute atomic E-state index is 13.6. The zero-order chi connectivity index (χ0) is 27.4. The lowest BCUT2D eigenvalue weighted by Crippen LogP contribution is -2.48. The Morgan fingerprint density at radius 2 is 1.62 bits per heavy atom. The van der Waals surface area contributed by atoms with Crippen LogP contribution in [-0.2, 0) is 13.0 Å². The van der Waals surface area contributed by atoms with Crippen molar-refractivity contribution >= 4 is 29.1 Å². The molecule has 1 spiro atoms. The van der Waals surface area contributed by atoms with Crippen molar-refractivity contribution in [3.63, 3.8) is 0 Å². The molecule has 2 amide bonds. The standard InChI is InChI=1S/C32H34ClFN4O2/c33-27-9-14-36-19-20-38(31(40)29(27)36)28-8-3-22-1-2-23(21-26(22)28)30(39)37-17-12-32(13-18-37)10-15-35(16-11-32)25-6-4-24(34)5-7-25/h1-2,4-7,9,14,21,28H,3,8,10-13,15-20H2. The monoisotopic (exact) mass is 560 g/mol. The van der Waals surface area contributed by atoms with E-state index in [1.807, 2.05) is 44.8 Å². The van der Waals surface area contributed by atoms with Crippen LogP contribution in [0.25, 0.3) is 0 Å². The molecule has 4 aliphatic rings. The molecule has 2 aromatic carbocycles. The summed E-state index contributed by atoms with van der Waals surface area (Å²) in [4.78, 5) is 33.3. The Balaban J connectivity index is 1.01. The van der Waals surface area contributed by atoms with Crippen molar-refractivity contribution in [3.8, 4) is 0 Å². The summed E-state index contributed by atoms with van der Waals surface area (Å²) in [7, 11) is 0. The highest BCUT2D eigenvalue weighted by Crippen LogP contribution is 2.43. The number of aryl methyl sites for hydroxylation is 1. The minimum atomic E-state index is -0.200.